The first kappa shape index (κ1) is 20.8. The fourth-order valence-electron chi connectivity index (χ4n) is 4.03. The van der Waals surface area contributed by atoms with E-state index in [1.165, 1.54) is 23.3 Å². The van der Waals surface area contributed by atoms with Gasteiger partial charge in [-0.25, -0.2) is 14.4 Å². The number of hydrogen-bond acceptors (Lipinski definition) is 4. The number of fused-ring (bicyclic) bond motifs is 3. The number of aryl methyl sites for hydroxylation is 2. The number of alkyl halides is 2. The highest BCUT2D eigenvalue weighted by Gasteiger charge is 2.35. The van der Waals surface area contributed by atoms with Crippen molar-refractivity contribution in [2.24, 2.45) is 0 Å². The van der Waals surface area contributed by atoms with Gasteiger partial charge in [0.2, 0.25) is 0 Å². The number of carbonyl (C=O) groups is 1. The molecule has 0 spiro atoms. The molecule has 0 bridgehead atoms. The van der Waals surface area contributed by atoms with E-state index in [9.17, 15) is 18.0 Å². The third-order valence-electron chi connectivity index (χ3n) is 5.48. The molecule has 1 atom stereocenters. The van der Waals surface area contributed by atoms with E-state index in [0.717, 1.165) is 40.7 Å². The number of halogens is 4. The Bertz CT molecular complexity index is 1170. The Morgan fingerprint density at radius 2 is 1.97 bits per heavy atom. The molecule has 0 aliphatic heterocycles. The maximum absolute atomic E-state index is 14.8. The van der Waals surface area contributed by atoms with Crippen molar-refractivity contribution in [1.82, 2.24) is 9.97 Å². The summed E-state index contributed by atoms with van der Waals surface area (Å²) in [4.78, 5) is 19.8. The Morgan fingerprint density at radius 3 is 2.70 bits per heavy atom. The van der Waals surface area contributed by atoms with Crippen molar-refractivity contribution >= 4 is 38.9 Å². The fourth-order valence-corrected chi connectivity index (χ4v) is 4.69. The second-order valence-corrected chi connectivity index (χ2v) is 8.35. The first-order chi connectivity index (χ1) is 14.2. The Hall–Kier alpha value is -2.48. The quantitative estimate of drug-likeness (QED) is 0.472. The summed E-state index contributed by atoms with van der Waals surface area (Å²) in [6, 6.07) is 4.93. The number of aldehydes is 1. The number of carbonyl (C=O) groups excluding carboxylic acids is 1. The SMILES string of the molecule is Cc1nc(NC(C)c2cccc(C(F)(F)C=O)c2F)c2cc(Br)c3c(c2n1)CCC3. The van der Waals surface area contributed by atoms with Crippen LogP contribution in [0.25, 0.3) is 10.9 Å². The predicted molar refractivity (Wildman–Crippen MR) is 112 cm³/mol. The van der Waals surface area contributed by atoms with Gasteiger partial charge in [0.25, 0.3) is 0 Å². The molecule has 0 saturated heterocycles. The number of benzene rings is 2. The minimum absolute atomic E-state index is 0.0265. The Balaban J connectivity index is 1.78. The molecule has 4 rings (SSSR count). The summed E-state index contributed by atoms with van der Waals surface area (Å²) >= 11 is 3.62. The zero-order valence-electron chi connectivity index (χ0n) is 16.4. The first-order valence-electron chi connectivity index (χ1n) is 9.61. The second-order valence-electron chi connectivity index (χ2n) is 7.50. The van der Waals surface area contributed by atoms with Gasteiger partial charge in [0.1, 0.15) is 17.5 Å². The summed E-state index contributed by atoms with van der Waals surface area (Å²) in [5, 5.41) is 3.94. The van der Waals surface area contributed by atoms with E-state index >= 15 is 0 Å². The molecule has 1 unspecified atom stereocenters. The maximum Gasteiger partial charge on any atom is 0.330 e. The highest BCUT2D eigenvalue weighted by Crippen LogP contribution is 2.38. The van der Waals surface area contributed by atoms with Crippen LogP contribution in [0.3, 0.4) is 0 Å². The molecule has 0 saturated carbocycles. The molecule has 1 heterocycles. The fraction of sp³-hybridized carbons (Fsp3) is 0.318. The summed E-state index contributed by atoms with van der Waals surface area (Å²) < 4.78 is 43.4. The van der Waals surface area contributed by atoms with E-state index in [-0.39, 0.29) is 5.56 Å². The number of aromatic nitrogens is 2. The van der Waals surface area contributed by atoms with Crippen LogP contribution in [0.15, 0.2) is 28.7 Å². The molecular formula is C22H19BrF3N3O. The van der Waals surface area contributed by atoms with Crippen LogP contribution in [0, 0.1) is 12.7 Å². The van der Waals surface area contributed by atoms with Gasteiger partial charge in [-0.2, -0.15) is 8.78 Å². The molecule has 2 aromatic carbocycles. The average Bonchev–Trinajstić information content (AvgIpc) is 3.20. The van der Waals surface area contributed by atoms with Gasteiger partial charge in [-0.3, -0.25) is 4.79 Å². The van der Waals surface area contributed by atoms with Gasteiger partial charge >= 0.3 is 5.92 Å². The molecule has 0 radical (unpaired) electrons. The Labute approximate surface area is 180 Å². The van der Waals surface area contributed by atoms with Crippen molar-refractivity contribution in [3.8, 4) is 0 Å². The second kappa shape index (κ2) is 7.65. The average molecular weight is 478 g/mol. The molecule has 0 fully saturated rings. The molecule has 156 valence electrons. The maximum atomic E-state index is 14.8. The van der Waals surface area contributed by atoms with Crippen LogP contribution in [0.2, 0.25) is 0 Å². The standard InChI is InChI=1S/C22H19BrF3N3O/c1-11(13-5-4-8-17(19(13)24)22(25,26)10-30)27-21-16-9-18(23)14-6-3-7-15(14)20(16)28-12(2)29-21/h4-5,8-11H,3,6-7H2,1-2H3,(H,27,28,29). The predicted octanol–water partition coefficient (Wildman–Crippen LogP) is 5.79. The highest BCUT2D eigenvalue weighted by molar-refractivity contribution is 9.10. The summed E-state index contributed by atoms with van der Waals surface area (Å²) in [6.07, 6.45) is 2.41. The Kier molecular flexibility index (Phi) is 5.30. The minimum Gasteiger partial charge on any atom is -0.363 e. The molecule has 4 nitrogen and oxygen atoms in total. The summed E-state index contributed by atoms with van der Waals surface area (Å²) in [7, 11) is 0. The van der Waals surface area contributed by atoms with E-state index in [1.807, 2.05) is 6.07 Å². The van der Waals surface area contributed by atoms with Crippen molar-refractivity contribution in [3.05, 3.63) is 62.6 Å². The van der Waals surface area contributed by atoms with E-state index in [4.69, 9.17) is 0 Å². The number of anilines is 1. The monoisotopic (exact) mass is 477 g/mol. The van der Waals surface area contributed by atoms with E-state index in [1.54, 1.807) is 13.8 Å². The molecule has 1 aromatic heterocycles. The lowest BCUT2D eigenvalue weighted by molar-refractivity contribution is -0.130. The topological polar surface area (TPSA) is 54.9 Å². The highest BCUT2D eigenvalue weighted by atomic mass is 79.9. The number of nitrogens with zero attached hydrogens (tertiary/aromatic N) is 2. The van der Waals surface area contributed by atoms with Crippen molar-refractivity contribution in [2.75, 3.05) is 5.32 Å². The molecule has 1 aliphatic carbocycles. The van der Waals surface area contributed by atoms with Gasteiger partial charge in [0, 0.05) is 15.4 Å². The van der Waals surface area contributed by atoms with Gasteiger partial charge in [0.05, 0.1) is 17.1 Å². The number of hydrogen-bond donors (Lipinski definition) is 1. The number of rotatable bonds is 5. The molecule has 8 heteroatoms. The molecule has 30 heavy (non-hydrogen) atoms. The van der Waals surface area contributed by atoms with Gasteiger partial charge in [0.15, 0.2) is 6.29 Å². The van der Waals surface area contributed by atoms with Crippen molar-refractivity contribution in [3.63, 3.8) is 0 Å². The lowest BCUT2D eigenvalue weighted by Gasteiger charge is -2.20. The van der Waals surface area contributed by atoms with Crippen molar-refractivity contribution in [2.45, 2.75) is 45.1 Å². The normalized spacial score (nSPS) is 14.6. The van der Waals surface area contributed by atoms with Gasteiger partial charge < -0.3 is 5.32 Å². The zero-order valence-corrected chi connectivity index (χ0v) is 18.0. The molecule has 1 aliphatic rings. The lowest BCUT2D eigenvalue weighted by atomic mass is 10.00. The zero-order chi connectivity index (χ0) is 21.6. The van der Waals surface area contributed by atoms with Crippen LogP contribution in [0.4, 0.5) is 19.0 Å². The van der Waals surface area contributed by atoms with Crippen LogP contribution in [-0.4, -0.2) is 16.3 Å². The minimum atomic E-state index is -3.89. The van der Waals surface area contributed by atoms with Crippen molar-refractivity contribution < 1.29 is 18.0 Å². The van der Waals surface area contributed by atoms with Gasteiger partial charge in [-0.05, 0) is 56.4 Å². The first-order valence-corrected chi connectivity index (χ1v) is 10.4. The summed E-state index contributed by atoms with van der Waals surface area (Å²) in [5.41, 5.74) is 2.37. The van der Waals surface area contributed by atoms with Crippen molar-refractivity contribution in [1.29, 1.82) is 0 Å². The van der Waals surface area contributed by atoms with E-state index < -0.39 is 29.6 Å². The third kappa shape index (κ3) is 3.47. The van der Waals surface area contributed by atoms with Crippen LogP contribution < -0.4 is 5.32 Å². The largest absolute Gasteiger partial charge is 0.363 e. The third-order valence-corrected chi connectivity index (χ3v) is 6.18. The smallest absolute Gasteiger partial charge is 0.330 e. The van der Waals surface area contributed by atoms with Crippen LogP contribution in [0.1, 0.15) is 47.5 Å². The molecule has 1 N–H and O–H groups in total. The van der Waals surface area contributed by atoms with Gasteiger partial charge in [-0.15, -0.1) is 0 Å². The molecular weight excluding hydrogens is 459 g/mol. The number of nitrogens with one attached hydrogen (secondary N) is 1. The Morgan fingerprint density at radius 1 is 1.23 bits per heavy atom. The molecule has 3 aromatic rings. The van der Waals surface area contributed by atoms with E-state index in [2.05, 4.69) is 31.2 Å². The molecule has 0 amide bonds. The van der Waals surface area contributed by atoms with E-state index in [0.29, 0.717) is 11.6 Å². The van der Waals surface area contributed by atoms with Crippen LogP contribution in [0.5, 0.6) is 0 Å². The summed E-state index contributed by atoms with van der Waals surface area (Å²) in [6.45, 7) is 3.44. The lowest BCUT2D eigenvalue weighted by Crippen LogP contribution is -2.19. The van der Waals surface area contributed by atoms with Gasteiger partial charge in [-0.1, -0.05) is 28.1 Å². The summed E-state index contributed by atoms with van der Waals surface area (Å²) in [5.74, 6) is -3.92. The van der Waals surface area contributed by atoms with Crippen LogP contribution in [-0.2, 0) is 23.6 Å². The van der Waals surface area contributed by atoms with Crippen LogP contribution >= 0.6 is 15.9 Å².